The van der Waals surface area contributed by atoms with E-state index >= 15 is 0 Å². The van der Waals surface area contributed by atoms with Crippen LogP contribution >= 0.6 is 0 Å². The second kappa shape index (κ2) is 8.48. The van der Waals surface area contributed by atoms with Crippen LogP contribution in [0.5, 0.6) is 0 Å². The summed E-state index contributed by atoms with van der Waals surface area (Å²) in [5, 5.41) is 9.72. The van der Waals surface area contributed by atoms with Crippen molar-refractivity contribution in [3.8, 4) is 0 Å². The van der Waals surface area contributed by atoms with Gasteiger partial charge in [-0.2, -0.15) is 8.42 Å². The van der Waals surface area contributed by atoms with Crippen LogP contribution in [0.2, 0.25) is 0 Å². The Hall–Kier alpha value is -0.950. The molecule has 1 rings (SSSR count). The van der Waals surface area contributed by atoms with Crippen molar-refractivity contribution in [1.29, 1.82) is 0 Å². The molecule has 0 aromatic heterocycles. The smallest absolute Gasteiger partial charge is 0.264 e. The van der Waals surface area contributed by atoms with Gasteiger partial charge in [0.15, 0.2) is 0 Å². The Morgan fingerprint density at radius 2 is 1.86 bits per heavy atom. The third-order valence-electron chi connectivity index (χ3n) is 3.79. The largest absolute Gasteiger partial charge is 0.396 e. The van der Waals surface area contributed by atoms with E-state index in [0.29, 0.717) is 13.0 Å². The molecule has 21 heavy (non-hydrogen) atoms. The average Bonchev–Trinajstić information content (AvgIpc) is 2.44. The Morgan fingerprint density at radius 1 is 1.24 bits per heavy atom. The van der Waals surface area contributed by atoms with Gasteiger partial charge in [-0.1, -0.05) is 37.3 Å². The lowest BCUT2D eigenvalue weighted by atomic mass is 9.89. The molecule has 0 saturated carbocycles. The quantitative estimate of drug-likeness (QED) is 0.679. The minimum atomic E-state index is -3.91. The Balaban J connectivity index is 2.70. The van der Waals surface area contributed by atoms with Crippen molar-refractivity contribution in [2.75, 3.05) is 26.0 Å². The zero-order chi connectivity index (χ0) is 15.9. The van der Waals surface area contributed by atoms with Crippen LogP contribution in [-0.4, -0.2) is 55.0 Å². The van der Waals surface area contributed by atoms with Crippen LogP contribution in [0.25, 0.3) is 0 Å². The van der Waals surface area contributed by atoms with Gasteiger partial charge in [-0.3, -0.25) is 4.55 Å². The second-order valence-electron chi connectivity index (χ2n) is 5.30. The van der Waals surface area contributed by atoms with Crippen LogP contribution < -0.4 is 0 Å². The van der Waals surface area contributed by atoms with Crippen LogP contribution in [0.15, 0.2) is 30.3 Å². The minimum absolute atomic E-state index is 0.00747. The predicted molar refractivity (Wildman–Crippen MR) is 84.0 cm³/mol. The van der Waals surface area contributed by atoms with Gasteiger partial charge in [0.25, 0.3) is 10.1 Å². The molecule has 0 aliphatic carbocycles. The monoisotopic (exact) mass is 315 g/mol. The molecule has 0 spiro atoms. The number of benzene rings is 1. The standard InChI is InChI=1S/C15H25NO4S/c1-3-15(16(2)10-7-11-21(18,19)20)14(12-17)13-8-5-4-6-9-13/h4-6,8-9,14-15,17H,3,7,10-12H2,1-2H3,(H,18,19,20)/t14-,15+/m1/s1. The molecule has 0 bridgehead atoms. The molecule has 120 valence electrons. The van der Waals surface area contributed by atoms with Gasteiger partial charge in [0, 0.05) is 12.0 Å². The van der Waals surface area contributed by atoms with Gasteiger partial charge in [0.2, 0.25) is 0 Å². The third-order valence-corrected chi connectivity index (χ3v) is 4.59. The first-order valence-corrected chi connectivity index (χ1v) is 8.81. The van der Waals surface area contributed by atoms with E-state index in [1.807, 2.05) is 37.4 Å². The van der Waals surface area contributed by atoms with Gasteiger partial charge in [0.1, 0.15) is 0 Å². The van der Waals surface area contributed by atoms with Crippen LogP contribution in [0.1, 0.15) is 31.2 Å². The highest BCUT2D eigenvalue weighted by Crippen LogP contribution is 2.25. The summed E-state index contributed by atoms with van der Waals surface area (Å²) in [6.45, 7) is 2.66. The highest BCUT2D eigenvalue weighted by atomic mass is 32.2. The molecule has 5 nitrogen and oxygen atoms in total. The van der Waals surface area contributed by atoms with Crippen molar-refractivity contribution in [2.45, 2.75) is 31.7 Å². The number of aliphatic hydroxyl groups excluding tert-OH is 1. The molecule has 0 fully saturated rings. The first kappa shape index (κ1) is 18.1. The van der Waals surface area contributed by atoms with E-state index in [2.05, 4.69) is 11.8 Å². The zero-order valence-electron chi connectivity index (χ0n) is 12.6. The van der Waals surface area contributed by atoms with Gasteiger partial charge >= 0.3 is 0 Å². The first-order chi connectivity index (χ1) is 9.89. The fourth-order valence-electron chi connectivity index (χ4n) is 2.72. The summed E-state index contributed by atoms with van der Waals surface area (Å²) < 4.78 is 30.3. The van der Waals surface area contributed by atoms with Crippen molar-refractivity contribution in [1.82, 2.24) is 4.90 Å². The van der Waals surface area contributed by atoms with E-state index in [1.165, 1.54) is 0 Å². The molecule has 2 N–H and O–H groups in total. The van der Waals surface area contributed by atoms with E-state index in [-0.39, 0.29) is 24.3 Å². The van der Waals surface area contributed by atoms with Crippen LogP contribution in [0.3, 0.4) is 0 Å². The Bertz CT molecular complexity index is 504. The number of hydrogen-bond donors (Lipinski definition) is 2. The molecule has 0 heterocycles. The topological polar surface area (TPSA) is 77.8 Å². The van der Waals surface area contributed by atoms with E-state index < -0.39 is 10.1 Å². The summed E-state index contributed by atoms with van der Waals surface area (Å²) in [6.07, 6.45) is 1.22. The molecule has 0 amide bonds. The fraction of sp³-hybridized carbons (Fsp3) is 0.600. The van der Waals surface area contributed by atoms with Crippen molar-refractivity contribution >= 4 is 10.1 Å². The number of nitrogens with zero attached hydrogens (tertiary/aromatic N) is 1. The molecule has 6 heteroatoms. The molecular formula is C15H25NO4S. The van der Waals surface area contributed by atoms with E-state index in [0.717, 1.165) is 12.0 Å². The van der Waals surface area contributed by atoms with E-state index in [9.17, 15) is 13.5 Å². The van der Waals surface area contributed by atoms with E-state index in [1.54, 1.807) is 0 Å². The number of likely N-dealkylation sites (N-methyl/N-ethyl adjacent to an activating group) is 1. The average molecular weight is 315 g/mol. The van der Waals surface area contributed by atoms with Crippen molar-refractivity contribution in [3.63, 3.8) is 0 Å². The molecule has 1 aromatic rings. The second-order valence-corrected chi connectivity index (χ2v) is 6.87. The van der Waals surface area contributed by atoms with Crippen LogP contribution in [-0.2, 0) is 10.1 Å². The SMILES string of the molecule is CC[C@@H]([C@H](CO)c1ccccc1)N(C)CCCS(=O)(=O)O. The first-order valence-electron chi connectivity index (χ1n) is 7.20. The normalized spacial score (nSPS) is 15.1. The number of aliphatic hydroxyl groups is 1. The van der Waals surface area contributed by atoms with Gasteiger partial charge in [-0.05, 0) is 32.0 Å². The van der Waals surface area contributed by atoms with Crippen LogP contribution in [0, 0.1) is 0 Å². The number of hydrogen-bond acceptors (Lipinski definition) is 4. The van der Waals surface area contributed by atoms with E-state index in [4.69, 9.17) is 4.55 Å². The van der Waals surface area contributed by atoms with Crippen LogP contribution in [0.4, 0.5) is 0 Å². The number of rotatable bonds is 9. The van der Waals surface area contributed by atoms with Crippen molar-refractivity contribution in [2.24, 2.45) is 0 Å². The molecular weight excluding hydrogens is 290 g/mol. The maximum absolute atomic E-state index is 10.8. The van der Waals surface area contributed by atoms with Gasteiger partial charge in [0.05, 0.1) is 12.4 Å². The van der Waals surface area contributed by atoms with Gasteiger partial charge < -0.3 is 10.0 Å². The lowest BCUT2D eigenvalue weighted by Gasteiger charge is -2.33. The fourth-order valence-corrected chi connectivity index (χ4v) is 3.21. The molecule has 0 unspecified atom stereocenters. The lowest BCUT2D eigenvalue weighted by molar-refractivity contribution is 0.153. The summed E-state index contributed by atoms with van der Waals surface area (Å²) in [5.41, 5.74) is 1.08. The third kappa shape index (κ3) is 6.13. The van der Waals surface area contributed by atoms with Crippen molar-refractivity contribution < 1.29 is 18.1 Å². The molecule has 0 saturated heterocycles. The Kier molecular flexibility index (Phi) is 7.31. The van der Waals surface area contributed by atoms with Gasteiger partial charge in [-0.15, -0.1) is 0 Å². The summed E-state index contributed by atoms with van der Waals surface area (Å²) in [6, 6.07) is 9.95. The molecule has 0 aliphatic heterocycles. The molecule has 0 radical (unpaired) electrons. The molecule has 0 aliphatic rings. The maximum Gasteiger partial charge on any atom is 0.264 e. The van der Waals surface area contributed by atoms with Crippen molar-refractivity contribution in [3.05, 3.63) is 35.9 Å². The summed E-state index contributed by atoms with van der Waals surface area (Å²) in [5.74, 6) is -0.241. The lowest BCUT2D eigenvalue weighted by Crippen LogP contribution is -2.39. The Labute approximate surface area is 127 Å². The molecule has 1 aromatic carbocycles. The highest BCUT2D eigenvalue weighted by Gasteiger charge is 2.24. The maximum atomic E-state index is 10.8. The zero-order valence-corrected chi connectivity index (χ0v) is 13.5. The predicted octanol–water partition coefficient (Wildman–Crippen LogP) is 1.75. The summed E-state index contributed by atoms with van der Waals surface area (Å²) in [7, 11) is -1.99. The van der Waals surface area contributed by atoms with Gasteiger partial charge in [-0.25, -0.2) is 0 Å². The minimum Gasteiger partial charge on any atom is -0.396 e. The summed E-state index contributed by atoms with van der Waals surface area (Å²) >= 11 is 0. The summed E-state index contributed by atoms with van der Waals surface area (Å²) in [4.78, 5) is 2.05. The molecule has 2 atom stereocenters. The highest BCUT2D eigenvalue weighted by molar-refractivity contribution is 7.85. The Morgan fingerprint density at radius 3 is 2.33 bits per heavy atom.